The number of Topliss-reactive ketones (excluding diaryl/α,β-unsaturated/α-hetero) is 1. The van der Waals surface area contributed by atoms with Crippen LogP contribution in [0.4, 0.5) is 22.0 Å². The van der Waals surface area contributed by atoms with E-state index in [2.05, 4.69) is 4.74 Å². The molecule has 1 rings (SSSR count). The first-order valence-electron chi connectivity index (χ1n) is 7.34. The molecule has 0 aliphatic heterocycles. The summed E-state index contributed by atoms with van der Waals surface area (Å²) in [6.07, 6.45) is -1.71. The molecule has 0 aliphatic rings. The zero-order valence-electron chi connectivity index (χ0n) is 13.6. The fourth-order valence-corrected chi connectivity index (χ4v) is 2.15. The molecule has 0 aromatic heterocycles. The number of aliphatic hydroxyl groups is 1. The summed E-state index contributed by atoms with van der Waals surface area (Å²) in [5.41, 5.74) is -2.62. The lowest BCUT2D eigenvalue weighted by molar-refractivity contribution is -0.142. The second-order valence-corrected chi connectivity index (χ2v) is 5.85. The molecule has 0 saturated carbocycles. The molecule has 0 spiro atoms. The Bertz CT molecular complexity index is 644. The minimum absolute atomic E-state index is 0.0547. The molecule has 0 heterocycles. The van der Waals surface area contributed by atoms with Gasteiger partial charge in [-0.1, -0.05) is 0 Å². The third-order valence-electron chi connectivity index (χ3n) is 3.48. The normalized spacial score (nSPS) is 13.4. The van der Waals surface area contributed by atoms with E-state index in [1.807, 2.05) is 0 Å². The maximum atomic E-state index is 13.5. The van der Waals surface area contributed by atoms with Crippen LogP contribution in [0.1, 0.15) is 38.7 Å². The molecule has 140 valence electrons. The zero-order valence-corrected chi connectivity index (χ0v) is 13.6. The minimum Gasteiger partial charge on any atom is -0.466 e. The molecule has 0 saturated heterocycles. The van der Waals surface area contributed by atoms with Gasteiger partial charge in [0.2, 0.25) is 5.82 Å². The van der Waals surface area contributed by atoms with Crippen LogP contribution in [0.3, 0.4) is 0 Å². The van der Waals surface area contributed by atoms with Crippen LogP contribution in [-0.2, 0) is 20.7 Å². The van der Waals surface area contributed by atoms with Gasteiger partial charge in [-0.25, -0.2) is 22.0 Å². The molecule has 1 unspecified atom stereocenters. The molecule has 1 aromatic rings. The molecular formula is C16H17F5O4. The Morgan fingerprint density at radius 1 is 1.00 bits per heavy atom. The largest absolute Gasteiger partial charge is 0.466 e. The van der Waals surface area contributed by atoms with Crippen LogP contribution in [0.5, 0.6) is 0 Å². The van der Waals surface area contributed by atoms with E-state index in [0.29, 0.717) is 0 Å². The number of halogens is 5. The number of hydrogen-bond donors (Lipinski definition) is 1. The molecule has 0 amide bonds. The van der Waals surface area contributed by atoms with Crippen molar-refractivity contribution in [3.63, 3.8) is 0 Å². The van der Waals surface area contributed by atoms with Crippen LogP contribution >= 0.6 is 0 Å². The third kappa shape index (κ3) is 5.77. The topological polar surface area (TPSA) is 63.6 Å². The first-order chi connectivity index (χ1) is 11.5. The van der Waals surface area contributed by atoms with E-state index in [-0.39, 0.29) is 13.0 Å². The second kappa shape index (κ2) is 8.37. The Morgan fingerprint density at radius 3 is 1.96 bits per heavy atom. The summed E-state index contributed by atoms with van der Waals surface area (Å²) in [6, 6.07) is 0. The number of hydrogen-bond acceptors (Lipinski definition) is 4. The fraction of sp³-hybridized carbons (Fsp3) is 0.500. The van der Waals surface area contributed by atoms with E-state index in [1.165, 1.54) is 13.8 Å². The van der Waals surface area contributed by atoms with Crippen molar-refractivity contribution in [2.75, 3.05) is 6.61 Å². The summed E-state index contributed by atoms with van der Waals surface area (Å²) < 4.78 is 70.7. The number of ketones is 1. The number of carbonyl (C=O) groups is 2. The van der Waals surface area contributed by atoms with Gasteiger partial charge in [0.1, 0.15) is 5.78 Å². The second-order valence-electron chi connectivity index (χ2n) is 5.85. The first-order valence-corrected chi connectivity index (χ1v) is 7.34. The van der Waals surface area contributed by atoms with E-state index in [4.69, 9.17) is 0 Å². The number of esters is 1. The monoisotopic (exact) mass is 368 g/mol. The summed E-state index contributed by atoms with van der Waals surface area (Å²) in [5.74, 6) is -11.6. The van der Waals surface area contributed by atoms with E-state index in [9.17, 15) is 36.6 Å². The van der Waals surface area contributed by atoms with Gasteiger partial charge in [0.05, 0.1) is 12.2 Å². The summed E-state index contributed by atoms with van der Waals surface area (Å²) in [7, 11) is 0. The number of ether oxygens (including phenoxy) is 1. The molecule has 9 heteroatoms. The lowest BCUT2D eigenvalue weighted by atomic mass is 9.93. The van der Waals surface area contributed by atoms with Crippen molar-refractivity contribution < 1.29 is 41.4 Å². The number of carbonyl (C=O) groups excluding carboxylic acids is 2. The fourth-order valence-electron chi connectivity index (χ4n) is 2.15. The van der Waals surface area contributed by atoms with Gasteiger partial charge in [-0.05, 0) is 13.3 Å². The van der Waals surface area contributed by atoms with Crippen molar-refractivity contribution in [2.24, 2.45) is 0 Å². The van der Waals surface area contributed by atoms with Crippen LogP contribution in [0.2, 0.25) is 0 Å². The average molecular weight is 368 g/mol. The van der Waals surface area contributed by atoms with Crippen LogP contribution in [-0.4, -0.2) is 29.1 Å². The molecule has 0 aliphatic carbocycles. The Morgan fingerprint density at radius 2 is 1.48 bits per heavy atom. The minimum atomic E-state index is -2.27. The van der Waals surface area contributed by atoms with Gasteiger partial charge in [0, 0.05) is 31.7 Å². The molecule has 0 radical (unpaired) electrons. The molecule has 0 fully saturated rings. The standard InChI is InChI=1S/C16H17F5O4/c1-8(22)25-6-5-16(2,24)7-9(23)3-4-10-11(17)13(19)15(21)14(20)12(10)18/h24H,3-7H2,1-2H3. The van der Waals surface area contributed by atoms with Crippen LogP contribution < -0.4 is 0 Å². The van der Waals surface area contributed by atoms with Crippen molar-refractivity contribution in [2.45, 2.75) is 45.1 Å². The molecule has 4 nitrogen and oxygen atoms in total. The predicted molar refractivity (Wildman–Crippen MR) is 76.1 cm³/mol. The summed E-state index contributed by atoms with van der Waals surface area (Å²) in [6.45, 7) is 2.34. The van der Waals surface area contributed by atoms with Crippen molar-refractivity contribution in [1.82, 2.24) is 0 Å². The van der Waals surface area contributed by atoms with Crippen molar-refractivity contribution in [3.8, 4) is 0 Å². The van der Waals surface area contributed by atoms with E-state index in [1.54, 1.807) is 0 Å². The molecule has 25 heavy (non-hydrogen) atoms. The first kappa shape index (κ1) is 21.0. The molecule has 1 aromatic carbocycles. The van der Waals surface area contributed by atoms with Crippen molar-refractivity contribution >= 4 is 11.8 Å². The Balaban J connectivity index is 2.70. The summed E-state index contributed by atoms with van der Waals surface area (Å²) in [4.78, 5) is 22.4. The highest BCUT2D eigenvalue weighted by atomic mass is 19.2. The highest BCUT2D eigenvalue weighted by Gasteiger charge is 2.28. The van der Waals surface area contributed by atoms with Gasteiger partial charge in [0.25, 0.3) is 0 Å². The number of benzene rings is 1. The highest BCUT2D eigenvalue weighted by Crippen LogP contribution is 2.25. The van der Waals surface area contributed by atoms with E-state index >= 15 is 0 Å². The van der Waals surface area contributed by atoms with Crippen LogP contribution in [0.25, 0.3) is 0 Å². The van der Waals surface area contributed by atoms with Gasteiger partial charge in [-0.2, -0.15) is 0 Å². The molecule has 1 N–H and O–H groups in total. The lowest BCUT2D eigenvalue weighted by Crippen LogP contribution is -2.30. The maximum Gasteiger partial charge on any atom is 0.302 e. The van der Waals surface area contributed by atoms with Gasteiger partial charge >= 0.3 is 5.97 Å². The SMILES string of the molecule is CC(=O)OCCC(C)(O)CC(=O)CCc1c(F)c(F)c(F)c(F)c1F. The van der Waals surface area contributed by atoms with Gasteiger partial charge in [0.15, 0.2) is 23.3 Å². The smallest absolute Gasteiger partial charge is 0.302 e. The van der Waals surface area contributed by atoms with E-state index < -0.39 is 71.3 Å². The van der Waals surface area contributed by atoms with E-state index in [0.717, 1.165) is 0 Å². The van der Waals surface area contributed by atoms with Gasteiger partial charge in [-0.3, -0.25) is 9.59 Å². The average Bonchev–Trinajstić information content (AvgIpc) is 2.49. The van der Waals surface area contributed by atoms with Gasteiger partial charge < -0.3 is 9.84 Å². The van der Waals surface area contributed by atoms with Crippen LogP contribution in [0.15, 0.2) is 0 Å². The molecule has 1 atom stereocenters. The highest BCUT2D eigenvalue weighted by molar-refractivity contribution is 5.79. The third-order valence-corrected chi connectivity index (χ3v) is 3.48. The Kier molecular flexibility index (Phi) is 7.04. The number of rotatable bonds is 8. The van der Waals surface area contributed by atoms with Gasteiger partial charge in [-0.15, -0.1) is 0 Å². The molecule has 0 bridgehead atoms. The molecular weight excluding hydrogens is 351 g/mol. The maximum absolute atomic E-state index is 13.5. The lowest BCUT2D eigenvalue weighted by Gasteiger charge is -2.22. The zero-order chi connectivity index (χ0) is 19.4. The quantitative estimate of drug-likeness (QED) is 0.332. The summed E-state index contributed by atoms with van der Waals surface area (Å²) in [5, 5.41) is 10.00. The summed E-state index contributed by atoms with van der Waals surface area (Å²) >= 11 is 0. The van der Waals surface area contributed by atoms with Crippen LogP contribution in [0, 0.1) is 29.1 Å². The predicted octanol–water partition coefficient (Wildman–Crippen LogP) is 2.98. The van der Waals surface area contributed by atoms with Crippen molar-refractivity contribution in [3.05, 3.63) is 34.6 Å². The van der Waals surface area contributed by atoms with Crippen molar-refractivity contribution in [1.29, 1.82) is 0 Å². The Labute approximate surface area is 140 Å². The Hall–Kier alpha value is -2.03.